The van der Waals surface area contributed by atoms with E-state index in [1.807, 2.05) is 5.38 Å². The molecule has 2 rings (SSSR count). The summed E-state index contributed by atoms with van der Waals surface area (Å²) < 4.78 is 0.847. The van der Waals surface area contributed by atoms with E-state index in [1.54, 1.807) is 11.3 Å². The van der Waals surface area contributed by atoms with Crippen LogP contribution in [0.15, 0.2) is 9.98 Å². The molecule has 17 heavy (non-hydrogen) atoms. The summed E-state index contributed by atoms with van der Waals surface area (Å²) in [6, 6.07) is 0. The Morgan fingerprint density at radius 3 is 3.00 bits per heavy atom. The maximum Gasteiger partial charge on any atom is 0.126 e. The molecule has 0 spiro atoms. The largest absolute Gasteiger partial charge is 0.383 e. The van der Waals surface area contributed by atoms with Gasteiger partial charge in [-0.1, -0.05) is 26.2 Å². The van der Waals surface area contributed by atoms with Crippen molar-refractivity contribution in [2.24, 2.45) is 5.92 Å². The van der Waals surface area contributed by atoms with Crippen molar-refractivity contribution in [1.29, 1.82) is 0 Å². The van der Waals surface area contributed by atoms with Gasteiger partial charge in [0.05, 0.1) is 0 Å². The SMILES string of the molecule is CCCC1CCCC(O)(c2nc(Br)cs2)CC1. The summed E-state index contributed by atoms with van der Waals surface area (Å²) in [5, 5.41) is 13.6. The van der Waals surface area contributed by atoms with Crippen molar-refractivity contribution < 1.29 is 5.11 Å². The summed E-state index contributed by atoms with van der Waals surface area (Å²) in [5.74, 6) is 0.803. The molecule has 0 aromatic carbocycles. The molecule has 0 amide bonds. The molecule has 0 saturated heterocycles. The standard InChI is InChI=1S/C13H20BrNOS/c1-2-4-10-5-3-7-13(16,8-6-10)12-15-11(14)9-17-12/h9-10,16H,2-8H2,1H3. The molecule has 4 heteroatoms. The van der Waals surface area contributed by atoms with Crippen molar-refractivity contribution in [3.63, 3.8) is 0 Å². The van der Waals surface area contributed by atoms with E-state index in [2.05, 4.69) is 27.8 Å². The van der Waals surface area contributed by atoms with Crippen LogP contribution in [0.3, 0.4) is 0 Å². The zero-order chi connectivity index (χ0) is 12.3. The van der Waals surface area contributed by atoms with Crippen molar-refractivity contribution in [3.05, 3.63) is 15.0 Å². The highest BCUT2D eigenvalue weighted by Gasteiger charge is 2.34. The van der Waals surface area contributed by atoms with Crippen molar-refractivity contribution in [3.8, 4) is 0 Å². The molecular weight excluding hydrogens is 298 g/mol. The summed E-state index contributed by atoms with van der Waals surface area (Å²) in [5.41, 5.74) is -0.667. The van der Waals surface area contributed by atoms with E-state index < -0.39 is 5.60 Å². The van der Waals surface area contributed by atoms with Gasteiger partial charge in [0.15, 0.2) is 0 Å². The highest BCUT2D eigenvalue weighted by molar-refractivity contribution is 9.10. The summed E-state index contributed by atoms with van der Waals surface area (Å²) >= 11 is 4.94. The zero-order valence-electron chi connectivity index (χ0n) is 10.3. The fraction of sp³-hybridized carbons (Fsp3) is 0.769. The molecule has 2 atom stereocenters. The van der Waals surface area contributed by atoms with Gasteiger partial charge in [0, 0.05) is 5.38 Å². The third kappa shape index (κ3) is 3.30. The molecule has 1 N–H and O–H groups in total. The van der Waals surface area contributed by atoms with Crippen LogP contribution in [-0.4, -0.2) is 10.1 Å². The van der Waals surface area contributed by atoms with Crippen molar-refractivity contribution in [2.45, 2.75) is 57.5 Å². The lowest BCUT2D eigenvalue weighted by Crippen LogP contribution is -2.24. The Morgan fingerprint density at radius 2 is 2.35 bits per heavy atom. The second-order valence-electron chi connectivity index (χ2n) is 5.09. The van der Waals surface area contributed by atoms with Gasteiger partial charge in [-0.05, 0) is 47.5 Å². The van der Waals surface area contributed by atoms with E-state index in [0.29, 0.717) is 0 Å². The summed E-state index contributed by atoms with van der Waals surface area (Å²) in [7, 11) is 0. The lowest BCUT2D eigenvalue weighted by molar-refractivity contribution is 0.0192. The lowest BCUT2D eigenvalue weighted by atomic mass is 9.92. The smallest absolute Gasteiger partial charge is 0.126 e. The first-order valence-corrected chi connectivity index (χ1v) is 8.15. The average Bonchev–Trinajstić information content (AvgIpc) is 2.65. The third-order valence-corrected chi connectivity index (χ3v) is 5.48. The first-order chi connectivity index (χ1) is 8.14. The molecule has 2 unspecified atom stereocenters. The maximum absolute atomic E-state index is 10.7. The van der Waals surface area contributed by atoms with Crippen LogP contribution in [0, 0.1) is 5.92 Å². The van der Waals surface area contributed by atoms with Crippen LogP contribution in [0.4, 0.5) is 0 Å². The molecule has 0 bridgehead atoms. The Hall–Kier alpha value is 0.0700. The molecule has 1 aliphatic rings. The quantitative estimate of drug-likeness (QED) is 0.834. The van der Waals surface area contributed by atoms with E-state index in [9.17, 15) is 5.11 Å². The highest BCUT2D eigenvalue weighted by Crippen LogP contribution is 2.40. The van der Waals surface area contributed by atoms with Gasteiger partial charge in [-0.2, -0.15) is 0 Å². The average molecular weight is 318 g/mol. The number of nitrogens with zero attached hydrogens (tertiary/aromatic N) is 1. The van der Waals surface area contributed by atoms with Gasteiger partial charge < -0.3 is 5.11 Å². The lowest BCUT2D eigenvalue weighted by Gasteiger charge is -2.24. The van der Waals surface area contributed by atoms with Crippen LogP contribution in [0.2, 0.25) is 0 Å². The molecule has 1 saturated carbocycles. The minimum absolute atomic E-state index is 0.667. The summed E-state index contributed by atoms with van der Waals surface area (Å²) in [6.45, 7) is 2.25. The van der Waals surface area contributed by atoms with E-state index in [1.165, 1.54) is 19.3 Å². The molecular formula is C13H20BrNOS. The number of rotatable bonds is 3. The minimum Gasteiger partial charge on any atom is -0.383 e. The van der Waals surface area contributed by atoms with E-state index in [0.717, 1.165) is 41.2 Å². The van der Waals surface area contributed by atoms with Gasteiger partial charge in [-0.25, -0.2) is 4.98 Å². The predicted molar refractivity (Wildman–Crippen MR) is 75.2 cm³/mol. The van der Waals surface area contributed by atoms with E-state index >= 15 is 0 Å². The predicted octanol–water partition coefficient (Wildman–Crippen LogP) is 4.47. The van der Waals surface area contributed by atoms with Crippen molar-refractivity contribution in [2.75, 3.05) is 0 Å². The minimum atomic E-state index is -0.667. The Balaban J connectivity index is 2.06. The molecule has 96 valence electrons. The van der Waals surface area contributed by atoms with Crippen LogP contribution in [-0.2, 0) is 5.60 Å². The highest BCUT2D eigenvalue weighted by atomic mass is 79.9. The molecule has 0 radical (unpaired) electrons. The first-order valence-electron chi connectivity index (χ1n) is 6.48. The van der Waals surface area contributed by atoms with Crippen molar-refractivity contribution in [1.82, 2.24) is 4.98 Å². The normalized spacial score (nSPS) is 30.2. The zero-order valence-corrected chi connectivity index (χ0v) is 12.7. The number of thiazole rings is 1. The van der Waals surface area contributed by atoms with Gasteiger partial charge in [0.25, 0.3) is 0 Å². The fourth-order valence-corrected chi connectivity index (χ4v) is 4.19. The second kappa shape index (κ2) is 5.81. The Kier molecular flexibility index (Phi) is 4.61. The number of aromatic nitrogens is 1. The molecule has 1 fully saturated rings. The van der Waals surface area contributed by atoms with E-state index in [-0.39, 0.29) is 0 Å². The van der Waals surface area contributed by atoms with E-state index in [4.69, 9.17) is 0 Å². The molecule has 1 aliphatic carbocycles. The van der Waals surface area contributed by atoms with Crippen LogP contribution in [0.1, 0.15) is 56.9 Å². The first kappa shape index (κ1) is 13.5. The number of hydrogen-bond acceptors (Lipinski definition) is 3. The second-order valence-corrected chi connectivity index (χ2v) is 6.76. The third-order valence-electron chi connectivity index (χ3n) is 3.74. The van der Waals surface area contributed by atoms with Gasteiger partial charge in [-0.3, -0.25) is 0 Å². The van der Waals surface area contributed by atoms with Crippen LogP contribution in [0.5, 0.6) is 0 Å². The van der Waals surface area contributed by atoms with Gasteiger partial charge in [-0.15, -0.1) is 11.3 Å². The molecule has 1 heterocycles. The number of hydrogen-bond donors (Lipinski definition) is 1. The van der Waals surface area contributed by atoms with Gasteiger partial charge in [0.2, 0.25) is 0 Å². The van der Waals surface area contributed by atoms with Crippen LogP contribution >= 0.6 is 27.3 Å². The summed E-state index contributed by atoms with van der Waals surface area (Å²) in [4.78, 5) is 4.40. The molecule has 1 aromatic rings. The topological polar surface area (TPSA) is 33.1 Å². The summed E-state index contributed by atoms with van der Waals surface area (Å²) in [6.07, 6.45) is 7.83. The van der Waals surface area contributed by atoms with Gasteiger partial charge in [0.1, 0.15) is 15.2 Å². The number of halogens is 1. The Labute approximate surface area is 116 Å². The Bertz CT molecular complexity index is 368. The number of aliphatic hydroxyl groups is 1. The van der Waals surface area contributed by atoms with Gasteiger partial charge >= 0.3 is 0 Å². The fourth-order valence-electron chi connectivity index (χ4n) is 2.77. The van der Waals surface area contributed by atoms with Crippen LogP contribution in [0.25, 0.3) is 0 Å². The molecule has 1 aromatic heterocycles. The molecule has 0 aliphatic heterocycles. The van der Waals surface area contributed by atoms with Crippen LogP contribution < -0.4 is 0 Å². The maximum atomic E-state index is 10.7. The monoisotopic (exact) mass is 317 g/mol. The van der Waals surface area contributed by atoms with Crippen molar-refractivity contribution >= 4 is 27.3 Å². The Morgan fingerprint density at radius 1 is 1.53 bits per heavy atom. The molecule has 2 nitrogen and oxygen atoms in total.